The van der Waals surface area contributed by atoms with Gasteiger partial charge in [-0.15, -0.1) is 5.10 Å². The number of furan rings is 1. The van der Waals surface area contributed by atoms with Gasteiger partial charge in [-0.25, -0.2) is 0 Å². The standard InChI is InChI=1S/C18H12ClN5O4/c1-8-15-16(10(7-20)17(21)28-18(15)23-22-8)14-5-4-13(27-14)9-2-3-11(19)12(6-9)24(25)26/h2-6,16H,21H2,1H3,(H,22,23). The molecule has 28 heavy (non-hydrogen) atoms. The van der Waals surface area contributed by atoms with E-state index in [1.54, 1.807) is 25.1 Å². The van der Waals surface area contributed by atoms with Gasteiger partial charge in [-0.3, -0.25) is 15.2 Å². The van der Waals surface area contributed by atoms with Crippen molar-refractivity contribution in [2.75, 3.05) is 0 Å². The molecule has 3 heterocycles. The lowest BCUT2D eigenvalue weighted by Crippen LogP contribution is -2.20. The molecular weight excluding hydrogens is 386 g/mol. The number of aryl methyl sites for hydroxylation is 1. The number of nitro benzene ring substituents is 1. The monoisotopic (exact) mass is 397 g/mol. The van der Waals surface area contributed by atoms with Crippen LogP contribution in [0.4, 0.5) is 5.69 Å². The number of halogens is 1. The van der Waals surface area contributed by atoms with Crippen LogP contribution in [0.5, 0.6) is 5.88 Å². The van der Waals surface area contributed by atoms with Crippen molar-refractivity contribution in [3.05, 3.63) is 73.9 Å². The van der Waals surface area contributed by atoms with Gasteiger partial charge in [0.1, 0.15) is 28.2 Å². The third-order valence-electron chi connectivity index (χ3n) is 4.47. The normalized spacial score (nSPS) is 15.7. The van der Waals surface area contributed by atoms with Crippen LogP contribution in [0.25, 0.3) is 11.3 Å². The number of aromatic nitrogens is 2. The number of nitrogens with two attached hydrogens (primary N) is 1. The summed E-state index contributed by atoms with van der Waals surface area (Å²) in [7, 11) is 0. The highest BCUT2D eigenvalue weighted by Crippen LogP contribution is 2.44. The molecule has 3 N–H and O–H groups in total. The minimum atomic E-state index is -0.608. The van der Waals surface area contributed by atoms with Crippen LogP contribution in [0.2, 0.25) is 5.02 Å². The Hall–Kier alpha value is -3.77. The highest BCUT2D eigenvalue weighted by molar-refractivity contribution is 6.32. The van der Waals surface area contributed by atoms with Crippen LogP contribution in [0.15, 0.2) is 46.2 Å². The molecule has 1 atom stereocenters. The second-order valence-corrected chi connectivity index (χ2v) is 6.52. The average Bonchev–Trinajstić information content (AvgIpc) is 3.28. The quantitative estimate of drug-likeness (QED) is 0.505. The Bertz CT molecular complexity index is 1190. The number of nitrogens with one attached hydrogen (secondary N) is 1. The third-order valence-corrected chi connectivity index (χ3v) is 4.79. The van der Waals surface area contributed by atoms with E-state index in [0.717, 1.165) is 0 Å². The number of benzene rings is 1. The number of ether oxygens (including phenoxy) is 1. The Labute approximate surface area is 163 Å². The smallest absolute Gasteiger partial charge is 0.288 e. The van der Waals surface area contributed by atoms with Crippen molar-refractivity contribution in [1.29, 1.82) is 5.26 Å². The number of allylic oxidation sites excluding steroid dienone is 1. The van der Waals surface area contributed by atoms with Crippen LogP contribution in [-0.4, -0.2) is 15.1 Å². The highest BCUT2D eigenvalue weighted by Gasteiger charge is 2.36. The van der Waals surface area contributed by atoms with Crippen LogP contribution in [0, 0.1) is 28.4 Å². The predicted octanol–water partition coefficient (Wildman–Crippen LogP) is 3.76. The second-order valence-electron chi connectivity index (χ2n) is 6.12. The molecule has 3 aromatic rings. The van der Waals surface area contributed by atoms with Gasteiger partial charge in [-0.05, 0) is 31.2 Å². The molecule has 4 rings (SSSR count). The topological polar surface area (TPSA) is 144 Å². The van der Waals surface area contributed by atoms with E-state index in [9.17, 15) is 15.4 Å². The fourth-order valence-electron chi connectivity index (χ4n) is 3.15. The zero-order valence-electron chi connectivity index (χ0n) is 14.4. The molecule has 0 bridgehead atoms. The second kappa shape index (κ2) is 6.44. The van der Waals surface area contributed by atoms with Crippen LogP contribution in [-0.2, 0) is 0 Å². The minimum absolute atomic E-state index is 0.0334. The van der Waals surface area contributed by atoms with Gasteiger partial charge < -0.3 is 14.9 Å². The molecular formula is C18H12ClN5O4. The first-order valence-corrected chi connectivity index (χ1v) is 8.45. The number of hydrogen-bond acceptors (Lipinski definition) is 7. The molecule has 1 aliphatic heterocycles. The third kappa shape index (κ3) is 2.67. The van der Waals surface area contributed by atoms with Crippen molar-refractivity contribution in [2.45, 2.75) is 12.8 Å². The SMILES string of the molecule is Cc1[nH]nc2c1C(c1ccc(-c3ccc(Cl)c([N+](=O)[O-])c3)o1)C(C#N)=C(N)O2. The van der Waals surface area contributed by atoms with Crippen molar-refractivity contribution in [3.8, 4) is 23.3 Å². The van der Waals surface area contributed by atoms with E-state index in [1.165, 1.54) is 12.1 Å². The van der Waals surface area contributed by atoms with E-state index in [0.29, 0.717) is 28.3 Å². The summed E-state index contributed by atoms with van der Waals surface area (Å²) in [6.45, 7) is 1.80. The van der Waals surface area contributed by atoms with Gasteiger partial charge in [0.2, 0.25) is 11.8 Å². The first-order chi connectivity index (χ1) is 13.4. The molecule has 0 fully saturated rings. The lowest BCUT2D eigenvalue weighted by atomic mass is 9.88. The molecule has 1 aromatic carbocycles. The van der Waals surface area contributed by atoms with Crippen molar-refractivity contribution >= 4 is 17.3 Å². The van der Waals surface area contributed by atoms with E-state index in [-0.39, 0.29) is 28.0 Å². The van der Waals surface area contributed by atoms with Crippen molar-refractivity contribution in [2.24, 2.45) is 5.73 Å². The first kappa shape index (κ1) is 17.6. The van der Waals surface area contributed by atoms with Crippen molar-refractivity contribution in [1.82, 2.24) is 10.2 Å². The first-order valence-electron chi connectivity index (χ1n) is 8.07. The maximum atomic E-state index is 11.1. The highest BCUT2D eigenvalue weighted by atomic mass is 35.5. The van der Waals surface area contributed by atoms with Gasteiger partial charge in [0, 0.05) is 17.3 Å². The average molecular weight is 398 g/mol. The largest absolute Gasteiger partial charge is 0.460 e. The van der Waals surface area contributed by atoms with Crippen LogP contribution < -0.4 is 10.5 Å². The van der Waals surface area contributed by atoms with Gasteiger partial charge in [0.15, 0.2) is 0 Å². The lowest BCUT2D eigenvalue weighted by Gasteiger charge is -2.21. The summed E-state index contributed by atoms with van der Waals surface area (Å²) in [6, 6.07) is 9.80. The molecule has 10 heteroatoms. The summed E-state index contributed by atoms with van der Waals surface area (Å²) in [5.41, 5.74) is 7.69. The molecule has 1 unspecified atom stereocenters. The van der Waals surface area contributed by atoms with Gasteiger partial charge in [0.25, 0.3) is 5.69 Å². The number of nitrogens with zero attached hydrogens (tertiary/aromatic N) is 3. The van der Waals surface area contributed by atoms with E-state index >= 15 is 0 Å². The maximum Gasteiger partial charge on any atom is 0.288 e. The molecule has 0 radical (unpaired) electrons. The van der Waals surface area contributed by atoms with E-state index in [1.807, 2.05) is 0 Å². The zero-order valence-corrected chi connectivity index (χ0v) is 15.1. The summed E-state index contributed by atoms with van der Waals surface area (Å²) in [5.74, 6) is 0.440. The molecule has 0 aliphatic carbocycles. The van der Waals surface area contributed by atoms with Crippen molar-refractivity contribution in [3.63, 3.8) is 0 Å². The van der Waals surface area contributed by atoms with E-state index in [4.69, 9.17) is 26.5 Å². The Morgan fingerprint density at radius 1 is 1.39 bits per heavy atom. The number of hydrogen-bond donors (Lipinski definition) is 2. The Morgan fingerprint density at radius 2 is 2.18 bits per heavy atom. The van der Waals surface area contributed by atoms with Crippen molar-refractivity contribution < 1.29 is 14.1 Å². The number of nitriles is 1. The van der Waals surface area contributed by atoms with Gasteiger partial charge >= 0.3 is 0 Å². The van der Waals surface area contributed by atoms with E-state index in [2.05, 4.69) is 16.3 Å². The van der Waals surface area contributed by atoms with Gasteiger partial charge in [-0.1, -0.05) is 11.6 Å². The molecule has 2 aromatic heterocycles. The Morgan fingerprint density at radius 3 is 2.89 bits per heavy atom. The van der Waals surface area contributed by atoms with Gasteiger partial charge in [0.05, 0.1) is 16.4 Å². The number of rotatable bonds is 3. The van der Waals surface area contributed by atoms with Crippen LogP contribution in [0.1, 0.15) is 22.9 Å². The molecule has 140 valence electrons. The summed E-state index contributed by atoms with van der Waals surface area (Å²) in [5, 5.41) is 27.6. The minimum Gasteiger partial charge on any atom is -0.460 e. The molecule has 0 saturated heterocycles. The Kier molecular flexibility index (Phi) is 4.05. The molecule has 9 nitrogen and oxygen atoms in total. The fraction of sp³-hybridized carbons (Fsp3) is 0.111. The predicted molar refractivity (Wildman–Crippen MR) is 98.4 cm³/mol. The van der Waals surface area contributed by atoms with Crippen LogP contribution in [0.3, 0.4) is 0 Å². The maximum absolute atomic E-state index is 11.1. The zero-order chi connectivity index (χ0) is 20.0. The van der Waals surface area contributed by atoms with E-state index < -0.39 is 10.8 Å². The number of nitro groups is 1. The van der Waals surface area contributed by atoms with Gasteiger partial charge in [-0.2, -0.15) is 5.26 Å². The lowest BCUT2D eigenvalue weighted by molar-refractivity contribution is -0.384. The Balaban J connectivity index is 1.82. The summed E-state index contributed by atoms with van der Waals surface area (Å²) < 4.78 is 11.4. The number of fused-ring (bicyclic) bond motifs is 1. The summed E-state index contributed by atoms with van der Waals surface area (Å²) in [6.07, 6.45) is 0. The van der Waals surface area contributed by atoms with Crippen LogP contribution >= 0.6 is 11.6 Å². The fourth-order valence-corrected chi connectivity index (χ4v) is 3.34. The molecule has 0 saturated carbocycles. The number of H-pyrrole nitrogens is 1. The molecule has 1 aliphatic rings. The summed E-state index contributed by atoms with van der Waals surface area (Å²) >= 11 is 5.87. The molecule has 0 spiro atoms. The number of aromatic amines is 1. The summed E-state index contributed by atoms with van der Waals surface area (Å²) in [4.78, 5) is 10.6. The molecule has 0 amide bonds.